The second-order valence-electron chi connectivity index (χ2n) is 3.39. The Morgan fingerprint density at radius 2 is 2.42 bits per heavy atom. The van der Waals surface area contributed by atoms with Gasteiger partial charge in [-0.25, -0.2) is 9.78 Å². The number of H-pyrrole nitrogens is 1. The molecule has 2 rings (SSSR count). The summed E-state index contributed by atoms with van der Waals surface area (Å²) in [6, 6.07) is 2.33. The molecule has 1 atom stereocenters. The molecule has 1 unspecified atom stereocenters. The molecule has 0 saturated heterocycles. The lowest BCUT2D eigenvalue weighted by Gasteiger charge is -2.08. The zero-order chi connectivity index (χ0) is 13.8. The van der Waals surface area contributed by atoms with Crippen molar-refractivity contribution in [3.05, 3.63) is 50.0 Å². The number of carbonyl (C=O) groups excluding carboxylic acids is 2. The van der Waals surface area contributed by atoms with Gasteiger partial charge in [0.25, 0.3) is 17.9 Å². The van der Waals surface area contributed by atoms with Crippen molar-refractivity contribution in [3.63, 3.8) is 0 Å². The van der Waals surface area contributed by atoms with Gasteiger partial charge in [-0.1, -0.05) is 11.2 Å². The van der Waals surface area contributed by atoms with Crippen molar-refractivity contribution in [2.45, 2.75) is 6.04 Å². The number of nitrogens with one attached hydrogen (secondary N) is 2. The van der Waals surface area contributed by atoms with Crippen LogP contribution in [0.4, 0.5) is 0 Å². The van der Waals surface area contributed by atoms with Gasteiger partial charge in [-0.05, 0) is 11.4 Å². The van der Waals surface area contributed by atoms with Crippen LogP contribution in [0.25, 0.3) is 0 Å². The number of carbonyl (C=O) groups is 1. The predicted molar refractivity (Wildman–Crippen MR) is 64.0 cm³/mol. The highest BCUT2D eigenvalue weighted by atomic mass is 32.1. The lowest BCUT2D eigenvalue weighted by atomic mass is 10.2. The predicted octanol–water partition coefficient (Wildman–Crippen LogP) is -0.954. The monoisotopic (exact) mass is 279 g/mol. The van der Waals surface area contributed by atoms with Gasteiger partial charge in [-0.3, -0.25) is 9.59 Å². The molecular formula is C10H7N4O4S. The minimum Gasteiger partial charge on any atom is -0.691 e. The Balaban J connectivity index is 2.23. The molecule has 19 heavy (non-hydrogen) atoms. The largest absolute Gasteiger partial charge is 0.691 e. The zero-order valence-corrected chi connectivity index (χ0v) is 10.1. The molecule has 2 N–H and O–H groups in total. The summed E-state index contributed by atoms with van der Waals surface area (Å²) in [4.78, 5) is 36.6. The third-order valence-electron chi connectivity index (χ3n) is 2.16. The molecule has 0 aliphatic heterocycles. The maximum atomic E-state index is 11.8. The molecule has 0 saturated carbocycles. The summed E-state index contributed by atoms with van der Waals surface area (Å²) >= 11 is 1.25. The average molecular weight is 279 g/mol. The fraction of sp³-hybridized carbons (Fsp3) is 0.100. The maximum Gasteiger partial charge on any atom is 0.366 e. The van der Waals surface area contributed by atoms with Crippen molar-refractivity contribution < 1.29 is 14.4 Å². The average Bonchev–Trinajstić information content (AvgIpc) is 2.92. The van der Waals surface area contributed by atoms with Gasteiger partial charge in [0.05, 0.1) is 0 Å². The molecule has 0 bridgehead atoms. The van der Waals surface area contributed by atoms with Crippen LogP contribution in [0.3, 0.4) is 0 Å². The number of rotatable bonds is 4. The summed E-state index contributed by atoms with van der Waals surface area (Å²) in [5.41, 5.74) is -1.44. The highest BCUT2D eigenvalue weighted by Gasteiger charge is 2.22. The minimum absolute atomic E-state index is 0.0427. The molecule has 0 aromatic carbocycles. The van der Waals surface area contributed by atoms with E-state index in [0.29, 0.717) is 4.88 Å². The van der Waals surface area contributed by atoms with E-state index in [9.17, 15) is 19.6 Å². The van der Waals surface area contributed by atoms with Crippen molar-refractivity contribution in [3.8, 4) is 0 Å². The van der Waals surface area contributed by atoms with E-state index in [1.165, 1.54) is 11.3 Å². The van der Waals surface area contributed by atoms with Crippen LogP contribution >= 0.6 is 11.3 Å². The van der Waals surface area contributed by atoms with Crippen molar-refractivity contribution >= 4 is 23.5 Å². The SMILES string of the molecule is O=[C]C(NC(=O)c1n[n+]([O-])c[nH]c1=O)c1cccs1. The third kappa shape index (κ3) is 2.83. The van der Waals surface area contributed by atoms with Gasteiger partial charge < -0.3 is 10.5 Å². The summed E-state index contributed by atoms with van der Waals surface area (Å²) in [5.74, 6) is -0.923. The van der Waals surface area contributed by atoms with Crippen LogP contribution in [0, 0.1) is 5.21 Å². The molecule has 0 fully saturated rings. The van der Waals surface area contributed by atoms with E-state index in [-0.39, 0.29) is 4.85 Å². The number of nitrogens with zero attached hydrogens (tertiary/aromatic N) is 2. The van der Waals surface area contributed by atoms with Crippen molar-refractivity contribution in [1.29, 1.82) is 0 Å². The van der Waals surface area contributed by atoms with Gasteiger partial charge in [0.15, 0.2) is 0 Å². The summed E-state index contributed by atoms with van der Waals surface area (Å²) in [6.07, 6.45) is 2.41. The van der Waals surface area contributed by atoms with E-state index in [0.717, 1.165) is 6.33 Å². The van der Waals surface area contributed by atoms with E-state index in [2.05, 4.69) is 15.4 Å². The first-order valence-corrected chi connectivity index (χ1v) is 5.91. The first-order valence-electron chi connectivity index (χ1n) is 5.03. The standard InChI is InChI=1S/C10H7N4O4S/c15-4-6(7-2-1-3-19-7)12-10(17)8-9(16)11-5-14(18)13-8/h1-3,5-6H,(H,11,16)(H,12,17). The van der Waals surface area contributed by atoms with Crippen molar-refractivity contribution in [1.82, 2.24) is 15.4 Å². The van der Waals surface area contributed by atoms with Crippen molar-refractivity contribution in [2.24, 2.45) is 0 Å². The van der Waals surface area contributed by atoms with Crippen LogP contribution in [0.1, 0.15) is 21.4 Å². The first kappa shape index (κ1) is 12.9. The van der Waals surface area contributed by atoms with E-state index in [4.69, 9.17) is 0 Å². The Labute approximate surface area is 110 Å². The van der Waals surface area contributed by atoms with Gasteiger partial charge in [-0.15, -0.1) is 16.2 Å². The second-order valence-corrected chi connectivity index (χ2v) is 4.37. The van der Waals surface area contributed by atoms with Crippen LogP contribution in [0.2, 0.25) is 0 Å². The van der Waals surface area contributed by atoms with E-state index in [1.807, 2.05) is 0 Å². The van der Waals surface area contributed by atoms with E-state index < -0.39 is 23.2 Å². The quantitative estimate of drug-likeness (QED) is 0.552. The Kier molecular flexibility index (Phi) is 3.66. The molecule has 2 aromatic rings. The number of amides is 1. The van der Waals surface area contributed by atoms with Gasteiger partial charge in [0, 0.05) is 4.88 Å². The smallest absolute Gasteiger partial charge is 0.366 e. The van der Waals surface area contributed by atoms with Crippen LogP contribution < -0.4 is 15.7 Å². The van der Waals surface area contributed by atoms with Gasteiger partial charge in [0.1, 0.15) is 6.04 Å². The third-order valence-corrected chi connectivity index (χ3v) is 3.09. The van der Waals surface area contributed by atoms with E-state index >= 15 is 0 Å². The molecule has 0 aliphatic rings. The fourth-order valence-electron chi connectivity index (χ4n) is 1.32. The van der Waals surface area contributed by atoms with Gasteiger partial charge in [-0.2, -0.15) is 0 Å². The molecule has 1 amide bonds. The maximum absolute atomic E-state index is 11.8. The Bertz CT molecular complexity index is 652. The number of aromatic amines is 1. The molecule has 9 heteroatoms. The van der Waals surface area contributed by atoms with Crippen LogP contribution in [-0.2, 0) is 4.79 Å². The highest BCUT2D eigenvalue weighted by Crippen LogP contribution is 2.17. The molecule has 1 radical (unpaired) electrons. The van der Waals surface area contributed by atoms with E-state index in [1.54, 1.807) is 23.8 Å². The van der Waals surface area contributed by atoms with Crippen molar-refractivity contribution in [2.75, 3.05) is 0 Å². The first-order chi connectivity index (χ1) is 9.11. The molecule has 2 heterocycles. The summed E-state index contributed by atoms with van der Waals surface area (Å²) in [6.45, 7) is 0. The normalized spacial score (nSPS) is 11.8. The van der Waals surface area contributed by atoms with Crippen LogP contribution in [0.15, 0.2) is 28.6 Å². The van der Waals surface area contributed by atoms with Crippen LogP contribution in [0.5, 0.6) is 0 Å². The molecular weight excluding hydrogens is 272 g/mol. The van der Waals surface area contributed by atoms with Gasteiger partial charge in [0.2, 0.25) is 6.29 Å². The lowest BCUT2D eigenvalue weighted by molar-refractivity contribution is -0.672. The topological polar surface area (TPSA) is 119 Å². The summed E-state index contributed by atoms with van der Waals surface area (Å²) < 4.78 is 0. The summed E-state index contributed by atoms with van der Waals surface area (Å²) in [7, 11) is 0. The van der Waals surface area contributed by atoms with Gasteiger partial charge >= 0.3 is 5.56 Å². The Morgan fingerprint density at radius 1 is 1.63 bits per heavy atom. The lowest BCUT2D eigenvalue weighted by Crippen LogP contribution is -2.42. The Morgan fingerprint density at radius 3 is 3.05 bits per heavy atom. The molecule has 8 nitrogen and oxygen atoms in total. The number of thiophene rings is 1. The fourth-order valence-corrected chi connectivity index (χ4v) is 2.03. The highest BCUT2D eigenvalue weighted by molar-refractivity contribution is 7.10. The Hall–Kier alpha value is -2.55. The molecule has 2 aromatic heterocycles. The second kappa shape index (κ2) is 5.40. The number of aromatic nitrogens is 3. The number of hydrogen-bond acceptors (Lipinski definition) is 6. The van der Waals surface area contributed by atoms with Crippen LogP contribution in [-0.4, -0.2) is 22.3 Å². The molecule has 97 valence electrons. The molecule has 0 spiro atoms. The summed E-state index contributed by atoms with van der Waals surface area (Å²) in [5, 5.41) is 18.1. The number of hydrogen-bond donors (Lipinski definition) is 2. The minimum atomic E-state index is -1.01. The zero-order valence-electron chi connectivity index (χ0n) is 9.32. The molecule has 0 aliphatic carbocycles.